The van der Waals surface area contributed by atoms with E-state index in [2.05, 4.69) is 5.32 Å². The molecule has 0 amide bonds. The second kappa shape index (κ2) is 4.28. The number of hydrogen-bond donors (Lipinski definition) is 2. The summed E-state index contributed by atoms with van der Waals surface area (Å²) >= 11 is 0. The van der Waals surface area contributed by atoms with Crippen LogP contribution in [0.15, 0.2) is 0 Å². The lowest BCUT2D eigenvalue weighted by Crippen LogP contribution is -2.47. The molecule has 4 heteroatoms. The molecule has 1 aliphatic rings. The Bertz CT molecular complexity index is 210. The predicted octanol–water partition coefficient (Wildman–Crippen LogP) is 0.298. The summed E-state index contributed by atoms with van der Waals surface area (Å²) in [5.74, 6) is -0.259. The van der Waals surface area contributed by atoms with Crippen molar-refractivity contribution in [1.82, 2.24) is 5.32 Å². The van der Waals surface area contributed by atoms with Gasteiger partial charge in [0.05, 0.1) is 11.5 Å². The molecule has 1 rings (SSSR count). The molecule has 0 radical (unpaired) electrons. The van der Waals surface area contributed by atoms with E-state index in [4.69, 9.17) is 4.74 Å². The van der Waals surface area contributed by atoms with Crippen LogP contribution in [0.3, 0.4) is 0 Å². The van der Waals surface area contributed by atoms with E-state index in [0.29, 0.717) is 13.0 Å². The van der Waals surface area contributed by atoms with Crippen LogP contribution in [0, 0.1) is 5.41 Å². The fraction of sp³-hybridized carbons (Fsp3) is 0.900. The maximum atomic E-state index is 11.5. The van der Waals surface area contributed by atoms with Gasteiger partial charge in [0, 0.05) is 6.54 Å². The topological polar surface area (TPSA) is 58.6 Å². The number of ether oxygens (including phenoxy) is 1. The fourth-order valence-electron chi connectivity index (χ4n) is 1.25. The number of hydrogen-bond acceptors (Lipinski definition) is 4. The van der Waals surface area contributed by atoms with E-state index in [1.807, 2.05) is 0 Å². The van der Waals surface area contributed by atoms with Gasteiger partial charge in [0.25, 0.3) is 0 Å². The highest BCUT2D eigenvalue weighted by Gasteiger charge is 2.31. The van der Waals surface area contributed by atoms with Gasteiger partial charge in [-0.2, -0.15) is 0 Å². The largest absolute Gasteiger partial charge is 0.458 e. The molecular weight excluding hydrogens is 182 g/mol. The van der Waals surface area contributed by atoms with Crippen LogP contribution in [0.4, 0.5) is 0 Å². The Morgan fingerprint density at radius 3 is 2.64 bits per heavy atom. The SMILES string of the molecule is CC(C)(C)C(=O)OC1CNCCC1O. The van der Waals surface area contributed by atoms with Gasteiger partial charge in [-0.15, -0.1) is 0 Å². The van der Waals surface area contributed by atoms with Gasteiger partial charge in [-0.25, -0.2) is 0 Å². The Kier molecular flexibility index (Phi) is 3.50. The van der Waals surface area contributed by atoms with Gasteiger partial charge >= 0.3 is 5.97 Å². The van der Waals surface area contributed by atoms with E-state index in [9.17, 15) is 9.90 Å². The zero-order valence-corrected chi connectivity index (χ0v) is 9.04. The van der Waals surface area contributed by atoms with Crippen LogP contribution in [0.5, 0.6) is 0 Å². The summed E-state index contributed by atoms with van der Waals surface area (Å²) in [6.45, 7) is 6.74. The lowest BCUT2D eigenvalue weighted by Gasteiger charge is -2.30. The first-order valence-electron chi connectivity index (χ1n) is 5.01. The zero-order valence-electron chi connectivity index (χ0n) is 9.04. The van der Waals surface area contributed by atoms with Crippen LogP contribution in [0.25, 0.3) is 0 Å². The van der Waals surface area contributed by atoms with Crippen LogP contribution in [0.1, 0.15) is 27.2 Å². The van der Waals surface area contributed by atoms with E-state index < -0.39 is 17.6 Å². The normalized spacial score (nSPS) is 28.6. The molecule has 0 bridgehead atoms. The van der Waals surface area contributed by atoms with Crippen LogP contribution in [0.2, 0.25) is 0 Å². The molecule has 1 heterocycles. The molecule has 0 aliphatic carbocycles. The molecule has 0 aromatic rings. The van der Waals surface area contributed by atoms with Gasteiger partial charge in [-0.1, -0.05) is 0 Å². The van der Waals surface area contributed by atoms with E-state index in [0.717, 1.165) is 6.54 Å². The molecule has 0 saturated carbocycles. The average molecular weight is 201 g/mol. The van der Waals surface area contributed by atoms with Crippen molar-refractivity contribution < 1.29 is 14.6 Å². The molecule has 2 N–H and O–H groups in total. The Morgan fingerprint density at radius 1 is 1.50 bits per heavy atom. The lowest BCUT2D eigenvalue weighted by atomic mass is 9.97. The maximum Gasteiger partial charge on any atom is 0.311 e. The molecule has 2 atom stereocenters. The maximum absolute atomic E-state index is 11.5. The first-order valence-corrected chi connectivity index (χ1v) is 5.01. The molecule has 1 aliphatic heterocycles. The molecule has 0 aromatic heterocycles. The van der Waals surface area contributed by atoms with Gasteiger partial charge in [0.1, 0.15) is 6.10 Å². The smallest absolute Gasteiger partial charge is 0.311 e. The van der Waals surface area contributed by atoms with Gasteiger partial charge in [0.2, 0.25) is 0 Å². The monoisotopic (exact) mass is 201 g/mol. The number of esters is 1. The van der Waals surface area contributed by atoms with Crippen molar-refractivity contribution in [2.24, 2.45) is 5.41 Å². The molecule has 0 spiro atoms. The van der Waals surface area contributed by atoms with Gasteiger partial charge in [-0.05, 0) is 33.7 Å². The van der Waals surface area contributed by atoms with E-state index in [1.54, 1.807) is 20.8 Å². The number of carbonyl (C=O) groups is 1. The van der Waals surface area contributed by atoms with Crippen molar-refractivity contribution >= 4 is 5.97 Å². The molecule has 1 saturated heterocycles. The van der Waals surface area contributed by atoms with Crippen LogP contribution in [-0.2, 0) is 9.53 Å². The second-order valence-corrected chi connectivity index (χ2v) is 4.75. The Hall–Kier alpha value is -0.610. The summed E-state index contributed by atoms with van der Waals surface area (Å²) in [4.78, 5) is 11.5. The average Bonchev–Trinajstić information content (AvgIpc) is 2.07. The summed E-state index contributed by atoms with van der Waals surface area (Å²) in [5.41, 5.74) is -0.503. The first kappa shape index (κ1) is 11.5. The van der Waals surface area contributed by atoms with Crippen molar-refractivity contribution in [1.29, 1.82) is 0 Å². The summed E-state index contributed by atoms with van der Waals surface area (Å²) in [5, 5.41) is 12.7. The summed E-state index contributed by atoms with van der Waals surface area (Å²) in [6.07, 6.45) is -0.278. The standard InChI is InChI=1S/C10H19NO3/c1-10(2,3)9(13)14-8-6-11-5-4-7(8)12/h7-8,11-12H,4-6H2,1-3H3. The van der Waals surface area contributed by atoms with Crippen LogP contribution >= 0.6 is 0 Å². The number of nitrogens with one attached hydrogen (secondary N) is 1. The molecule has 1 fully saturated rings. The van der Waals surface area contributed by atoms with Crippen LogP contribution < -0.4 is 5.32 Å². The molecular formula is C10H19NO3. The van der Waals surface area contributed by atoms with E-state index in [1.165, 1.54) is 0 Å². The van der Waals surface area contributed by atoms with E-state index in [-0.39, 0.29) is 5.97 Å². The highest BCUT2D eigenvalue weighted by Crippen LogP contribution is 2.18. The highest BCUT2D eigenvalue weighted by atomic mass is 16.6. The van der Waals surface area contributed by atoms with Gasteiger partial charge in [-0.3, -0.25) is 4.79 Å². The number of aliphatic hydroxyl groups excluding tert-OH is 1. The quantitative estimate of drug-likeness (QED) is 0.599. The highest BCUT2D eigenvalue weighted by molar-refractivity contribution is 5.75. The van der Waals surface area contributed by atoms with E-state index >= 15 is 0 Å². The summed E-state index contributed by atoms with van der Waals surface area (Å²) < 4.78 is 5.22. The lowest BCUT2D eigenvalue weighted by molar-refractivity contribution is -0.165. The van der Waals surface area contributed by atoms with Crippen molar-refractivity contribution in [2.75, 3.05) is 13.1 Å². The number of carbonyl (C=O) groups excluding carboxylic acids is 1. The third-order valence-corrected chi connectivity index (χ3v) is 2.26. The predicted molar refractivity (Wildman–Crippen MR) is 52.8 cm³/mol. The molecule has 14 heavy (non-hydrogen) atoms. The van der Waals surface area contributed by atoms with Crippen molar-refractivity contribution in [2.45, 2.75) is 39.4 Å². The van der Waals surface area contributed by atoms with Crippen molar-refractivity contribution in [3.05, 3.63) is 0 Å². The third-order valence-electron chi connectivity index (χ3n) is 2.26. The minimum Gasteiger partial charge on any atom is -0.458 e. The van der Waals surface area contributed by atoms with Crippen molar-refractivity contribution in [3.8, 4) is 0 Å². The molecule has 2 unspecified atom stereocenters. The number of aliphatic hydroxyl groups is 1. The third kappa shape index (κ3) is 2.96. The minimum atomic E-state index is -0.525. The first-order chi connectivity index (χ1) is 6.41. The van der Waals surface area contributed by atoms with Crippen molar-refractivity contribution in [3.63, 3.8) is 0 Å². The number of rotatable bonds is 1. The minimum absolute atomic E-state index is 0.259. The van der Waals surface area contributed by atoms with Crippen LogP contribution in [-0.4, -0.2) is 36.4 Å². The summed E-state index contributed by atoms with van der Waals surface area (Å²) in [7, 11) is 0. The second-order valence-electron chi connectivity index (χ2n) is 4.75. The Labute approximate surface area is 84.6 Å². The van der Waals surface area contributed by atoms with Gasteiger partial charge < -0.3 is 15.2 Å². The Morgan fingerprint density at radius 2 is 2.14 bits per heavy atom. The number of piperidine rings is 1. The van der Waals surface area contributed by atoms with Gasteiger partial charge in [0.15, 0.2) is 0 Å². The Balaban J connectivity index is 2.46. The fourth-order valence-corrected chi connectivity index (χ4v) is 1.25. The zero-order chi connectivity index (χ0) is 10.8. The molecule has 4 nitrogen and oxygen atoms in total. The molecule has 82 valence electrons. The summed E-state index contributed by atoms with van der Waals surface area (Å²) in [6, 6.07) is 0. The molecule has 0 aromatic carbocycles.